The molecule has 84 valence electrons. The summed E-state index contributed by atoms with van der Waals surface area (Å²) >= 11 is 0. The lowest BCUT2D eigenvalue weighted by Crippen LogP contribution is -2.24. The Kier molecular flexibility index (Phi) is 2.58. The maximum absolute atomic E-state index is 11.8. The van der Waals surface area contributed by atoms with Crippen LogP contribution < -0.4 is 0 Å². The highest BCUT2D eigenvalue weighted by atomic mass is 16.5. The number of carbonyl (C=O) groups is 1. The summed E-state index contributed by atoms with van der Waals surface area (Å²) in [4.78, 5) is 11.8. The Balaban J connectivity index is 2.16. The zero-order valence-corrected chi connectivity index (χ0v) is 9.86. The second-order valence-corrected chi connectivity index (χ2v) is 5.06. The molecule has 2 nitrogen and oxygen atoms in total. The Morgan fingerprint density at radius 3 is 2.62 bits per heavy atom. The molecule has 1 aromatic carbocycles. The van der Waals surface area contributed by atoms with E-state index in [9.17, 15) is 4.79 Å². The summed E-state index contributed by atoms with van der Waals surface area (Å²) < 4.78 is 5.48. The molecule has 0 spiro atoms. The third kappa shape index (κ3) is 2.01. The molecule has 0 N–H and O–H groups in total. The van der Waals surface area contributed by atoms with Crippen LogP contribution in [0.4, 0.5) is 0 Å². The van der Waals surface area contributed by atoms with Gasteiger partial charge in [0, 0.05) is 5.56 Å². The van der Waals surface area contributed by atoms with Crippen molar-refractivity contribution < 1.29 is 9.53 Å². The molecule has 1 atom stereocenters. The Bertz CT molecular complexity index is 438. The second kappa shape index (κ2) is 3.78. The van der Waals surface area contributed by atoms with Gasteiger partial charge in [-0.1, -0.05) is 30.3 Å². The van der Waals surface area contributed by atoms with Crippen LogP contribution in [0.15, 0.2) is 30.3 Å². The van der Waals surface area contributed by atoms with E-state index in [1.165, 1.54) is 0 Å². The van der Waals surface area contributed by atoms with Gasteiger partial charge >= 0.3 is 5.97 Å². The van der Waals surface area contributed by atoms with E-state index in [0.717, 1.165) is 11.1 Å². The van der Waals surface area contributed by atoms with E-state index in [1.807, 2.05) is 57.2 Å². The molecule has 0 bridgehead atoms. The van der Waals surface area contributed by atoms with Crippen LogP contribution in [0.2, 0.25) is 0 Å². The topological polar surface area (TPSA) is 26.3 Å². The first-order chi connectivity index (χ1) is 7.48. The monoisotopic (exact) mass is 216 g/mol. The van der Waals surface area contributed by atoms with Crippen molar-refractivity contribution in [1.82, 2.24) is 0 Å². The molecule has 1 aliphatic carbocycles. The smallest absolute Gasteiger partial charge is 0.312 e. The lowest BCUT2D eigenvalue weighted by atomic mass is 9.97. The zero-order valence-electron chi connectivity index (χ0n) is 9.86. The van der Waals surface area contributed by atoms with Crippen molar-refractivity contribution in [3.63, 3.8) is 0 Å². The van der Waals surface area contributed by atoms with Crippen LogP contribution in [0, 0.1) is 5.41 Å². The molecular weight excluding hydrogens is 200 g/mol. The van der Waals surface area contributed by atoms with Crippen LogP contribution in [0.3, 0.4) is 0 Å². The molecule has 16 heavy (non-hydrogen) atoms. The first-order valence-corrected chi connectivity index (χ1v) is 5.47. The minimum atomic E-state index is -0.453. The number of hydrogen-bond acceptors (Lipinski definition) is 2. The molecule has 0 aliphatic heterocycles. The van der Waals surface area contributed by atoms with E-state index in [2.05, 4.69) is 0 Å². The van der Waals surface area contributed by atoms with Crippen LogP contribution in [0.25, 0.3) is 6.08 Å². The van der Waals surface area contributed by atoms with Crippen LogP contribution >= 0.6 is 0 Å². The van der Waals surface area contributed by atoms with Crippen molar-refractivity contribution in [2.24, 2.45) is 5.41 Å². The average Bonchev–Trinajstić information content (AvgIpc) is 2.61. The SMILES string of the molecule is CC(C)(C)C(=O)OC1C=Cc2ccccc21. The molecule has 0 heterocycles. The molecule has 1 unspecified atom stereocenters. The van der Waals surface area contributed by atoms with Crippen molar-refractivity contribution in [2.75, 3.05) is 0 Å². The van der Waals surface area contributed by atoms with Gasteiger partial charge in [0.05, 0.1) is 5.41 Å². The van der Waals surface area contributed by atoms with E-state index >= 15 is 0 Å². The van der Waals surface area contributed by atoms with Gasteiger partial charge in [0.2, 0.25) is 0 Å². The van der Waals surface area contributed by atoms with Crippen LogP contribution in [-0.4, -0.2) is 5.97 Å². The van der Waals surface area contributed by atoms with Crippen molar-refractivity contribution in [3.05, 3.63) is 41.5 Å². The highest BCUT2D eigenvalue weighted by molar-refractivity contribution is 5.76. The Hall–Kier alpha value is -1.57. The van der Waals surface area contributed by atoms with Crippen LogP contribution in [0.1, 0.15) is 38.0 Å². The van der Waals surface area contributed by atoms with Gasteiger partial charge in [-0.05, 0) is 32.4 Å². The average molecular weight is 216 g/mol. The lowest BCUT2D eigenvalue weighted by Gasteiger charge is -2.20. The van der Waals surface area contributed by atoms with Gasteiger partial charge in [0.25, 0.3) is 0 Å². The van der Waals surface area contributed by atoms with E-state index in [4.69, 9.17) is 4.74 Å². The molecule has 2 rings (SSSR count). The summed E-state index contributed by atoms with van der Waals surface area (Å²) in [6, 6.07) is 7.97. The molecular formula is C14H16O2. The van der Waals surface area contributed by atoms with E-state index in [0.29, 0.717) is 0 Å². The van der Waals surface area contributed by atoms with Crippen molar-refractivity contribution in [1.29, 1.82) is 0 Å². The van der Waals surface area contributed by atoms with Crippen LogP contribution in [0.5, 0.6) is 0 Å². The quantitative estimate of drug-likeness (QED) is 0.673. The fraction of sp³-hybridized carbons (Fsp3) is 0.357. The van der Waals surface area contributed by atoms with Gasteiger partial charge in [-0.15, -0.1) is 0 Å². The van der Waals surface area contributed by atoms with Crippen molar-refractivity contribution >= 4 is 12.0 Å². The maximum atomic E-state index is 11.8. The molecule has 1 aliphatic rings. The molecule has 0 aromatic heterocycles. The Labute approximate surface area is 95.9 Å². The Morgan fingerprint density at radius 2 is 1.94 bits per heavy atom. The highest BCUT2D eigenvalue weighted by Crippen LogP contribution is 2.32. The summed E-state index contributed by atoms with van der Waals surface area (Å²) in [5, 5.41) is 0. The summed E-state index contributed by atoms with van der Waals surface area (Å²) in [6.45, 7) is 5.58. The van der Waals surface area contributed by atoms with Gasteiger partial charge in [-0.2, -0.15) is 0 Å². The predicted molar refractivity (Wildman–Crippen MR) is 63.8 cm³/mol. The minimum absolute atomic E-state index is 0.168. The van der Waals surface area contributed by atoms with Gasteiger partial charge < -0.3 is 4.74 Å². The highest BCUT2D eigenvalue weighted by Gasteiger charge is 2.28. The fourth-order valence-corrected chi connectivity index (χ4v) is 1.61. The second-order valence-electron chi connectivity index (χ2n) is 5.06. The molecule has 1 aromatic rings. The summed E-state index contributed by atoms with van der Waals surface area (Å²) in [5.41, 5.74) is 1.75. The maximum Gasteiger partial charge on any atom is 0.312 e. The van der Waals surface area contributed by atoms with E-state index in [1.54, 1.807) is 0 Å². The molecule has 0 radical (unpaired) electrons. The molecule has 2 heteroatoms. The largest absolute Gasteiger partial charge is 0.453 e. The number of benzene rings is 1. The summed E-state index contributed by atoms with van der Waals surface area (Å²) in [5.74, 6) is -0.168. The Morgan fingerprint density at radius 1 is 1.25 bits per heavy atom. The zero-order chi connectivity index (χ0) is 11.8. The molecule has 0 amide bonds. The number of hydrogen-bond donors (Lipinski definition) is 0. The third-order valence-electron chi connectivity index (χ3n) is 2.60. The number of carbonyl (C=O) groups excluding carboxylic acids is 1. The van der Waals surface area contributed by atoms with Crippen molar-refractivity contribution in [3.8, 4) is 0 Å². The van der Waals surface area contributed by atoms with Gasteiger partial charge in [-0.3, -0.25) is 4.79 Å². The van der Waals surface area contributed by atoms with Gasteiger partial charge in [0.15, 0.2) is 0 Å². The van der Waals surface area contributed by atoms with Crippen LogP contribution in [-0.2, 0) is 9.53 Å². The predicted octanol–water partition coefficient (Wildman–Crippen LogP) is 3.34. The molecule has 0 saturated heterocycles. The van der Waals surface area contributed by atoms with Crippen molar-refractivity contribution in [2.45, 2.75) is 26.9 Å². The summed E-state index contributed by atoms with van der Waals surface area (Å²) in [7, 11) is 0. The number of fused-ring (bicyclic) bond motifs is 1. The normalized spacial score (nSPS) is 18.3. The number of rotatable bonds is 1. The lowest BCUT2D eigenvalue weighted by molar-refractivity contribution is -0.156. The minimum Gasteiger partial charge on any atom is -0.453 e. The van der Waals surface area contributed by atoms with E-state index in [-0.39, 0.29) is 12.1 Å². The molecule has 0 fully saturated rings. The fourth-order valence-electron chi connectivity index (χ4n) is 1.61. The number of esters is 1. The first kappa shape index (κ1) is 10.9. The number of ether oxygens (including phenoxy) is 1. The molecule has 0 saturated carbocycles. The first-order valence-electron chi connectivity index (χ1n) is 5.47. The van der Waals surface area contributed by atoms with E-state index < -0.39 is 5.41 Å². The third-order valence-corrected chi connectivity index (χ3v) is 2.60. The standard InChI is InChI=1S/C14H16O2/c1-14(2,3)13(15)16-12-9-8-10-6-4-5-7-11(10)12/h4-9,12H,1-3H3. The van der Waals surface area contributed by atoms with Gasteiger partial charge in [-0.25, -0.2) is 0 Å². The summed E-state index contributed by atoms with van der Waals surface area (Å²) in [6.07, 6.45) is 3.70. The van der Waals surface area contributed by atoms with Gasteiger partial charge in [0.1, 0.15) is 6.10 Å².